The van der Waals surface area contributed by atoms with Gasteiger partial charge in [-0.15, -0.1) is 0 Å². The number of esters is 1. The second kappa shape index (κ2) is 3.37. The highest BCUT2D eigenvalue weighted by Crippen LogP contribution is 2.33. The minimum Gasteiger partial charge on any atom is -0.468 e. The standard InChI is InChI=1S/C7H11BrO2/c1-10-7(9)6(8)5-3-2-4-5/h5-6H,2-4H2,1H3. The number of halogens is 1. The molecule has 0 radical (unpaired) electrons. The minimum absolute atomic E-state index is 0.0637. The minimum atomic E-state index is -0.135. The van der Waals surface area contributed by atoms with E-state index < -0.39 is 0 Å². The van der Waals surface area contributed by atoms with E-state index in [0.29, 0.717) is 5.92 Å². The summed E-state index contributed by atoms with van der Waals surface area (Å²) < 4.78 is 4.58. The molecule has 0 saturated heterocycles. The lowest BCUT2D eigenvalue weighted by molar-refractivity contribution is -0.141. The van der Waals surface area contributed by atoms with Crippen molar-refractivity contribution in [2.24, 2.45) is 5.92 Å². The zero-order valence-electron chi connectivity index (χ0n) is 5.97. The van der Waals surface area contributed by atoms with Crippen molar-refractivity contribution in [1.82, 2.24) is 0 Å². The maximum Gasteiger partial charge on any atom is 0.319 e. The highest BCUT2D eigenvalue weighted by Gasteiger charge is 2.30. The molecule has 0 aliphatic heterocycles. The predicted octanol–water partition coefficient (Wildman–Crippen LogP) is 1.72. The number of ether oxygens (including phenoxy) is 1. The average molecular weight is 207 g/mol. The topological polar surface area (TPSA) is 26.3 Å². The van der Waals surface area contributed by atoms with Crippen LogP contribution in [0.25, 0.3) is 0 Å². The van der Waals surface area contributed by atoms with Gasteiger partial charge in [0.15, 0.2) is 0 Å². The first-order chi connectivity index (χ1) is 4.75. The fourth-order valence-electron chi connectivity index (χ4n) is 1.04. The van der Waals surface area contributed by atoms with E-state index in [1.165, 1.54) is 13.5 Å². The molecule has 0 aromatic rings. The van der Waals surface area contributed by atoms with Gasteiger partial charge in [0, 0.05) is 0 Å². The first kappa shape index (κ1) is 8.05. The zero-order chi connectivity index (χ0) is 7.56. The molecule has 0 aromatic heterocycles. The Labute approximate surface area is 69.1 Å². The van der Waals surface area contributed by atoms with Crippen molar-refractivity contribution in [3.63, 3.8) is 0 Å². The Kier molecular flexibility index (Phi) is 2.72. The summed E-state index contributed by atoms with van der Waals surface area (Å²) in [5.74, 6) is 0.386. The van der Waals surface area contributed by atoms with Gasteiger partial charge in [-0.05, 0) is 18.8 Å². The predicted molar refractivity (Wildman–Crippen MR) is 42.1 cm³/mol. The highest BCUT2D eigenvalue weighted by atomic mass is 79.9. The fourth-order valence-corrected chi connectivity index (χ4v) is 1.75. The second-order valence-corrected chi connectivity index (χ2v) is 3.60. The van der Waals surface area contributed by atoms with Crippen LogP contribution >= 0.6 is 15.9 Å². The molecule has 1 saturated carbocycles. The van der Waals surface area contributed by atoms with Crippen LogP contribution in [0.3, 0.4) is 0 Å². The Hall–Kier alpha value is -0.0500. The van der Waals surface area contributed by atoms with Crippen LogP contribution in [0.1, 0.15) is 19.3 Å². The van der Waals surface area contributed by atoms with Crippen molar-refractivity contribution >= 4 is 21.9 Å². The van der Waals surface area contributed by atoms with E-state index in [2.05, 4.69) is 20.7 Å². The molecule has 1 aliphatic carbocycles. The third-order valence-electron chi connectivity index (χ3n) is 1.99. The van der Waals surface area contributed by atoms with Crippen LogP contribution < -0.4 is 0 Å². The molecule has 0 heterocycles. The molecule has 58 valence electrons. The van der Waals surface area contributed by atoms with Gasteiger partial charge in [0.05, 0.1) is 7.11 Å². The Morgan fingerprint density at radius 2 is 2.30 bits per heavy atom. The largest absolute Gasteiger partial charge is 0.468 e. The molecule has 10 heavy (non-hydrogen) atoms. The summed E-state index contributed by atoms with van der Waals surface area (Å²) >= 11 is 3.31. The lowest BCUT2D eigenvalue weighted by Crippen LogP contribution is -2.29. The number of methoxy groups -OCH3 is 1. The van der Waals surface area contributed by atoms with E-state index in [4.69, 9.17) is 0 Å². The molecule has 0 aromatic carbocycles. The Morgan fingerprint density at radius 1 is 1.70 bits per heavy atom. The smallest absolute Gasteiger partial charge is 0.319 e. The first-order valence-electron chi connectivity index (χ1n) is 3.47. The SMILES string of the molecule is COC(=O)C(Br)C1CCC1. The van der Waals surface area contributed by atoms with Crippen LogP contribution in [0.4, 0.5) is 0 Å². The fraction of sp³-hybridized carbons (Fsp3) is 0.857. The quantitative estimate of drug-likeness (QED) is 0.509. The van der Waals surface area contributed by atoms with Gasteiger partial charge >= 0.3 is 5.97 Å². The summed E-state index contributed by atoms with van der Waals surface area (Å²) in [6.07, 6.45) is 3.57. The number of hydrogen-bond acceptors (Lipinski definition) is 2. The van der Waals surface area contributed by atoms with Crippen molar-refractivity contribution in [3.05, 3.63) is 0 Å². The molecule has 3 heteroatoms. The lowest BCUT2D eigenvalue weighted by Gasteiger charge is -2.28. The van der Waals surface area contributed by atoms with E-state index >= 15 is 0 Å². The van der Waals surface area contributed by atoms with E-state index in [0.717, 1.165) is 12.8 Å². The van der Waals surface area contributed by atoms with E-state index in [1.807, 2.05) is 0 Å². The van der Waals surface area contributed by atoms with Gasteiger partial charge in [-0.3, -0.25) is 4.79 Å². The number of carbonyl (C=O) groups excluding carboxylic acids is 1. The number of hydrogen-bond donors (Lipinski definition) is 0. The summed E-state index contributed by atoms with van der Waals surface area (Å²) in [6, 6.07) is 0. The Morgan fingerprint density at radius 3 is 2.60 bits per heavy atom. The molecule has 1 unspecified atom stereocenters. The van der Waals surface area contributed by atoms with Gasteiger partial charge < -0.3 is 4.74 Å². The van der Waals surface area contributed by atoms with Gasteiger partial charge in [-0.1, -0.05) is 22.4 Å². The molecule has 2 nitrogen and oxygen atoms in total. The Bertz CT molecular complexity index is 132. The first-order valence-corrected chi connectivity index (χ1v) is 4.39. The van der Waals surface area contributed by atoms with Crippen LogP contribution in [-0.4, -0.2) is 17.9 Å². The zero-order valence-corrected chi connectivity index (χ0v) is 7.56. The van der Waals surface area contributed by atoms with Crippen molar-refractivity contribution in [3.8, 4) is 0 Å². The summed E-state index contributed by atoms with van der Waals surface area (Å²) in [4.78, 5) is 10.8. The molecule has 1 rings (SSSR count). The van der Waals surface area contributed by atoms with Crippen LogP contribution in [0, 0.1) is 5.92 Å². The molecule has 0 bridgehead atoms. The summed E-state index contributed by atoms with van der Waals surface area (Å²) in [6.45, 7) is 0. The van der Waals surface area contributed by atoms with Crippen LogP contribution in [-0.2, 0) is 9.53 Å². The van der Waals surface area contributed by atoms with Gasteiger partial charge in [0.1, 0.15) is 4.83 Å². The monoisotopic (exact) mass is 206 g/mol. The van der Waals surface area contributed by atoms with Crippen LogP contribution in [0.5, 0.6) is 0 Å². The number of alkyl halides is 1. The van der Waals surface area contributed by atoms with Crippen molar-refractivity contribution < 1.29 is 9.53 Å². The summed E-state index contributed by atoms with van der Waals surface area (Å²) in [5.41, 5.74) is 0. The van der Waals surface area contributed by atoms with Crippen molar-refractivity contribution in [1.29, 1.82) is 0 Å². The number of carbonyl (C=O) groups is 1. The molecule has 0 amide bonds. The normalized spacial score (nSPS) is 21.4. The number of rotatable bonds is 2. The highest BCUT2D eigenvalue weighted by molar-refractivity contribution is 9.10. The van der Waals surface area contributed by atoms with E-state index in [-0.39, 0.29) is 10.8 Å². The molecular formula is C7H11BrO2. The molecule has 1 atom stereocenters. The molecular weight excluding hydrogens is 196 g/mol. The molecule has 0 N–H and O–H groups in total. The second-order valence-electron chi connectivity index (χ2n) is 2.62. The van der Waals surface area contributed by atoms with E-state index in [9.17, 15) is 4.79 Å². The van der Waals surface area contributed by atoms with Gasteiger partial charge in [-0.2, -0.15) is 0 Å². The third-order valence-corrected chi connectivity index (χ3v) is 3.11. The molecule has 0 spiro atoms. The van der Waals surface area contributed by atoms with Gasteiger partial charge in [0.2, 0.25) is 0 Å². The lowest BCUT2D eigenvalue weighted by atomic mass is 9.83. The molecule has 1 fully saturated rings. The maximum atomic E-state index is 10.9. The average Bonchev–Trinajstić information content (AvgIpc) is 1.82. The van der Waals surface area contributed by atoms with Gasteiger partial charge in [0.25, 0.3) is 0 Å². The third kappa shape index (κ3) is 1.51. The summed E-state index contributed by atoms with van der Waals surface area (Å²) in [7, 11) is 1.43. The van der Waals surface area contributed by atoms with Crippen molar-refractivity contribution in [2.45, 2.75) is 24.1 Å². The summed E-state index contributed by atoms with van der Waals surface area (Å²) in [5, 5.41) is 0. The van der Waals surface area contributed by atoms with Crippen LogP contribution in [0.15, 0.2) is 0 Å². The van der Waals surface area contributed by atoms with Crippen LogP contribution in [0.2, 0.25) is 0 Å². The van der Waals surface area contributed by atoms with Gasteiger partial charge in [-0.25, -0.2) is 0 Å². The molecule has 1 aliphatic rings. The maximum absolute atomic E-state index is 10.9. The van der Waals surface area contributed by atoms with Crippen molar-refractivity contribution in [2.75, 3.05) is 7.11 Å². The van der Waals surface area contributed by atoms with E-state index in [1.54, 1.807) is 0 Å². The Balaban J connectivity index is 2.31.